The summed E-state index contributed by atoms with van der Waals surface area (Å²) in [6.07, 6.45) is 1.78. The van der Waals surface area contributed by atoms with Crippen molar-refractivity contribution in [3.8, 4) is 11.3 Å². The number of benzene rings is 1. The highest BCUT2D eigenvalue weighted by atomic mass is 79.9. The van der Waals surface area contributed by atoms with E-state index in [2.05, 4.69) is 39.2 Å². The molecule has 0 fully saturated rings. The fraction of sp³-hybridized carbons (Fsp3) is 0.308. The van der Waals surface area contributed by atoms with Crippen LogP contribution in [0.5, 0.6) is 0 Å². The zero-order chi connectivity index (χ0) is 12.4. The lowest BCUT2D eigenvalue weighted by Gasteiger charge is -2.05. The Labute approximate surface area is 109 Å². The van der Waals surface area contributed by atoms with Gasteiger partial charge in [-0.2, -0.15) is 0 Å². The second-order valence-electron chi connectivity index (χ2n) is 4.03. The largest absolute Gasteiger partial charge is 0.439 e. The van der Waals surface area contributed by atoms with Crippen molar-refractivity contribution in [1.29, 1.82) is 0 Å². The molecule has 0 amide bonds. The Kier molecular flexibility index (Phi) is 3.64. The Bertz CT molecular complexity index is 522. The lowest BCUT2D eigenvalue weighted by molar-refractivity contribution is 0.441. The fourth-order valence-electron chi connectivity index (χ4n) is 1.60. The van der Waals surface area contributed by atoms with Crippen LogP contribution in [0.15, 0.2) is 33.3 Å². The maximum Gasteiger partial charge on any atom is 0.211 e. The van der Waals surface area contributed by atoms with Gasteiger partial charge in [0, 0.05) is 10.0 Å². The molecule has 1 atom stereocenters. The molecule has 1 unspecified atom stereocenters. The molecule has 0 saturated heterocycles. The van der Waals surface area contributed by atoms with Crippen LogP contribution >= 0.6 is 15.9 Å². The summed E-state index contributed by atoms with van der Waals surface area (Å²) < 4.78 is 6.80. The average Bonchev–Trinajstić information content (AvgIpc) is 2.80. The van der Waals surface area contributed by atoms with Crippen LogP contribution in [0.3, 0.4) is 0 Å². The molecule has 1 aromatic carbocycles. The first-order chi connectivity index (χ1) is 8.11. The molecule has 90 valence electrons. The van der Waals surface area contributed by atoms with Gasteiger partial charge in [0.15, 0.2) is 5.76 Å². The van der Waals surface area contributed by atoms with E-state index in [9.17, 15) is 0 Å². The number of nitrogens with one attached hydrogen (secondary N) is 1. The van der Waals surface area contributed by atoms with Gasteiger partial charge in [0.25, 0.3) is 0 Å². The molecule has 0 radical (unpaired) electrons. The Morgan fingerprint density at radius 2 is 2.18 bits per heavy atom. The second-order valence-corrected chi connectivity index (χ2v) is 4.95. The summed E-state index contributed by atoms with van der Waals surface area (Å²) in [7, 11) is 1.89. The van der Waals surface area contributed by atoms with Gasteiger partial charge in [-0.15, -0.1) is 0 Å². The van der Waals surface area contributed by atoms with Gasteiger partial charge in [0.1, 0.15) is 0 Å². The van der Waals surface area contributed by atoms with E-state index in [1.54, 1.807) is 6.20 Å². The Morgan fingerprint density at radius 1 is 1.41 bits per heavy atom. The SMILES string of the molecule is CNC(C)c1ncc(-c2cc(Br)ccc2C)o1. The van der Waals surface area contributed by atoms with Crippen LogP contribution in [-0.2, 0) is 0 Å². The van der Waals surface area contributed by atoms with Crippen LogP contribution in [0.1, 0.15) is 24.4 Å². The van der Waals surface area contributed by atoms with Gasteiger partial charge in [-0.05, 0) is 38.6 Å². The topological polar surface area (TPSA) is 38.1 Å². The maximum absolute atomic E-state index is 5.76. The zero-order valence-corrected chi connectivity index (χ0v) is 11.7. The fourth-order valence-corrected chi connectivity index (χ4v) is 1.96. The molecular formula is C13H15BrN2O. The van der Waals surface area contributed by atoms with E-state index in [0.29, 0.717) is 5.89 Å². The average molecular weight is 295 g/mol. The predicted molar refractivity (Wildman–Crippen MR) is 71.9 cm³/mol. The molecule has 0 aliphatic rings. The Balaban J connectivity index is 2.40. The number of aryl methyl sites for hydroxylation is 1. The molecule has 2 aromatic rings. The first-order valence-corrected chi connectivity index (χ1v) is 6.30. The first kappa shape index (κ1) is 12.3. The van der Waals surface area contributed by atoms with Gasteiger partial charge < -0.3 is 9.73 Å². The zero-order valence-electron chi connectivity index (χ0n) is 10.1. The van der Waals surface area contributed by atoms with Crippen LogP contribution in [-0.4, -0.2) is 12.0 Å². The van der Waals surface area contributed by atoms with Crippen LogP contribution in [0, 0.1) is 6.92 Å². The molecule has 0 bridgehead atoms. The first-order valence-electron chi connectivity index (χ1n) is 5.51. The number of nitrogens with zero attached hydrogens (tertiary/aromatic N) is 1. The van der Waals surface area contributed by atoms with Crippen LogP contribution < -0.4 is 5.32 Å². The van der Waals surface area contributed by atoms with Crippen molar-refractivity contribution in [3.05, 3.63) is 40.3 Å². The quantitative estimate of drug-likeness (QED) is 0.938. The van der Waals surface area contributed by atoms with Crippen LogP contribution in [0.25, 0.3) is 11.3 Å². The molecule has 1 N–H and O–H groups in total. The summed E-state index contributed by atoms with van der Waals surface area (Å²) >= 11 is 3.47. The smallest absolute Gasteiger partial charge is 0.211 e. The summed E-state index contributed by atoms with van der Waals surface area (Å²) in [5.74, 6) is 1.52. The molecule has 2 rings (SSSR count). The van der Waals surface area contributed by atoms with Gasteiger partial charge in [0.05, 0.1) is 12.2 Å². The molecule has 4 heteroatoms. The molecule has 1 heterocycles. The van der Waals surface area contributed by atoms with E-state index in [1.165, 1.54) is 5.56 Å². The predicted octanol–water partition coefficient (Wildman–Crippen LogP) is 3.69. The summed E-state index contributed by atoms with van der Waals surface area (Å²) in [6.45, 7) is 4.08. The normalized spacial score (nSPS) is 12.7. The maximum atomic E-state index is 5.76. The van der Waals surface area contributed by atoms with E-state index in [4.69, 9.17) is 4.42 Å². The highest BCUT2D eigenvalue weighted by molar-refractivity contribution is 9.10. The number of rotatable bonds is 3. The molecule has 0 aliphatic carbocycles. The summed E-state index contributed by atoms with van der Waals surface area (Å²) in [6, 6.07) is 6.25. The molecule has 1 aromatic heterocycles. The minimum atomic E-state index is 0.121. The molecule has 0 saturated carbocycles. The van der Waals surface area contributed by atoms with Crippen molar-refractivity contribution >= 4 is 15.9 Å². The summed E-state index contributed by atoms with van der Waals surface area (Å²) in [5, 5.41) is 3.11. The molecule has 0 spiro atoms. The van der Waals surface area contributed by atoms with Gasteiger partial charge in [-0.1, -0.05) is 22.0 Å². The van der Waals surface area contributed by atoms with Crippen molar-refractivity contribution in [3.63, 3.8) is 0 Å². The lowest BCUT2D eigenvalue weighted by Crippen LogP contribution is -2.12. The van der Waals surface area contributed by atoms with Crippen LogP contribution in [0.4, 0.5) is 0 Å². The van der Waals surface area contributed by atoms with Gasteiger partial charge in [0.2, 0.25) is 5.89 Å². The number of hydrogen-bond donors (Lipinski definition) is 1. The highest BCUT2D eigenvalue weighted by Crippen LogP contribution is 2.28. The van der Waals surface area contributed by atoms with E-state index >= 15 is 0 Å². The minimum absolute atomic E-state index is 0.121. The number of aromatic nitrogens is 1. The van der Waals surface area contributed by atoms with Crippen molar-refractivity contribution in [2.24, 2.45) is 0 Å². The Morgan fingerprint density at radius 3 is 2.88 bits per heavy atom. The highest BCUT2D eigenvalue weighted by Gasteiger charge is 2.12. The molecule has 0 aliphatic heterocycles. The van der Waals surface area contributed by atoms with E-state index < -0.39 is 0 Å². The molecule has 17 heavy (non-hydrogen) atoms. The molecule has 3 nitrogen and oxygen atoms in total. The number of halogens is 1. The van der Waals surface area contributed by atoms with Crippen molar-refractivity contribution < 1.29 is 4.42 Å². The number of oxazole rings is 1. The van der Waals surface area contributed by atoms with Gasteiger partial charge in [-0.25, -0.2) is 4.98 Å². The van der Waals surface area contributed by atoms with E-state index in [0.717, 1.165) is 15.8 Å². The third kappa shape index (κ3) is 2.58. The minimum Gasteiger partial charge on any atom is -0.439 e. The monoisotopic (exact) mass is 294 g/mol. The van der Waals surface area contributed by atoms with E-state index in [-0.39, 0.29) is 6.04 Å². The summed E-state index contributed by atoms with van der Waals surface area (Å²) in [4.78, 5) is 4.29. The second kappa shape index (κ2) is 5.02. The van der Waals surface area contributed by atoms with Crippen LogP contribution in [0.2, 0.25) is 0 Å². The van der Waals surface area contributed by atoms with E-state index in [1.807, 2.05) is 26.1 Å². The lowest BCUT2D eigenvalue weighted by atomic mass is 10.1. The van der Waals surface area contributed by atoms with Gasteiger partial charge >= 0.3 is 0 Å². The third-order valence-corrected chi connectivity index (χ3v) is 3.29. The van der Waals surface area contributed by atoms with Crippen molar-refractivity contribution in [2.75, 3.05) is 7.05 Å². The third-order valence-electron chi connectivity index (χ3n) is 2.79. The van der Waals surface area contributed by atoms with Crippen molar-refractivity contribution in [2.45, 2.75) is 19.9 Å². The standard InChI is InChI=1S/C13H15BrN2O/c1-8-4-5-10(14)6-11(8)12-7-16-13(17-12)9(2)15-3/h4-7,9,15H,1-3H3. The Hall–Kier alpha value is -1.13. The number of hydrogen-bond acceptors (Lipinski definition) is 3. The van der Waals surface area contributed by atoms with Crippen molar-refractivity contribution in [1.82, 2.24) is 10.3 Å². The summed E-state index contributed by atoms with van der Waals surface area (Å²) in [5.41, 5.74) is 2.24. The van der Waals surface area contributed by atoms with Gasteiger partial charge in [-0.3, -0.25) is 0 Å². The molecular weight excluding hydrogens is 280 g/mol.